The van der Waals surface area contributed by atoms with Gasteiger partial charge in [-0.05, 0) is 51.5 Å². The molecule has 0 aliphatic carbocycles. The Balaban J connectivity index is 1.86. The first kappa shape index (κ1) is 14.5. The van der Waals surface area contributed by atoms with Crippen molar-refractivity contribution in [3.63, 3.8) is 0 Å². The van der Waals surface area contributed by atoms with Crippen molar-refractivity contribution in [3.05, 3.63) is 0 Å². The van der Waals surface area contributed by atoms with Crippen molar-refractivity contribution in [2.75, 3.05) is 53.4 Å². The summed E-state index contributed by atoms with van der Waals surface area (Å²) >= 11 is 0. The molecule has 5 heteroatoms. The smallest absolute Gasteiger partial charge is 0.270 e. The molecule has 0 saturated carbocycles. The van der Waals surface area contributed by atoms with Crippen LogP contribution in [-0.4, -0.2) is 71.4 Å². The van der Waals surface area contributed by atoms with E-state index in [9.17, 15) is 0 Å². The van der Waals surface area contributed by atoms with E-state index in [2.05, 4.69) is 28.4 Å². The second-order valence-corrected chi connectivity index (χ2v) is 10.00. The molecule has 0 aromatic rings. The number of rotatable bonds is 4. The molecule has 2 aliphatic rings. The molecule has 1 N–H and O–H groups in total. The summed E-state index contributed by atoms with van der Waals surface area (Å²) in [5.41, 5.74) is 0.802. The Hall–Kier alpha value is 0.0569. The molecule has 4 nitrogen and oxygen atoms in total. The largest absolute Gasteiger partial charge is 0.406 e. The molecule has 0 aromatic heterocycles. The van der Waals surface area contributed by atoms with E-state index in [1.165, 1.54) is 45.4 Å². The van der Waals surface area contributed by atoms with Gasteiger partial charge in [-0.3, -0.25) is 0 Å². The summed E-state index contributed by atoms with van der Waals surface area (Å²) in [7, 11) is 2.54. The lowest BCUT2D eigenvalue weighted by Crippen LogP contribution is -2.58. The zero-order valence-electron chi connectivity index (χ0n) is 12.2. The summed E-state index contributed by atoms with van der Waals surface area (Å²) in [5.74, 6) is 0. The summed E-state index contributed by atoms with van der Waals surface area (Å²) in [6.07, 6.45) is 4.03. The van der Waals surface area contributed by atoms with Gasteiger partial charge in [0.15, 0.2) is 0 Å². The molecule has 0 radical (unpaired) electrons. The molecule has 0 amide bonds. The van der Waals surface area contributed by atoms with Gasteiger partial charge in [-0.25, -0.2) is 0 Å². The highest BCUT2D eigenvalue weighted by Gasteiger charge is 2.44. The fourth-order valence-electron chi connectivity index (χ4n) is 3.38. The second-order valence-electron chi connectivity index (χ2n) is 5.90. The molecular formula is C13H29N3OSi. The number of piperazine rings is 1. The van der Waals surface area contributed by atoms with E-state index < -0.39 is 8.48 Å². The molecule has 2 heterocycles. The van der Waals surface area contributed by atoms with Crippen LogP contribution in [-0.2, 0) is 4.43 Å². The summed E-state index contributed by atoms with van der Waals surface area (Å²) in [5, 5.41) is 3.42. The van der Waals surface area contributed by atoms with Crippen LogP contribution in [0.1, 0.15) is 19.3 Å². The summed E-state index contributed by atoms with van der Waals surface area (Å²) in [6, 6.07) is 0. The predicted molar refractivity (Wildman–Crippen MR) is 78.2 cm³/mol. The maximum atomic E-state index is 5.98. The molecule has 2 aliphatic heterocycles. The molecule has 2 unspecified atom stereocenters. The molecule has 0 spiro atoms. The maximum Gasteiger partial charge on any atom is 0.270 e. The molecule has 18 heavy (non-hydrogen) atoms. The van der Waals surface area contributed by atoms with Crippen molar-refractivity contribution in [1.29, 1.82) is 0 Å². The summed E-state index contributed by atoms with van der Waals surface area (Å²) in [4.78, 5) is 2.61. The van der Waals surface area contributed by atoms with Crippen molar-refractivity contribution in [3.8, 4) is 0 Å². The van der Waals surface area contributed by atoms with Crippen LogP contribution in [0.25, 0.3) is 0 Å². The van der Waals surface area contributed by atoms with Gasteiger partial charge in [0.2, 0.25) is 0 Å². The number of nitrogens with one attached hydrogen (secondary N) is 1. The molecule has 2 rings (SSSR count). The molecular weight excluding hydrogens is 242 g/mol. The molecule has 2 saturated heterocycles. The van der Waals surface area contributed by atoms with Crippen LogP contribution in [0.5, 0.6) is 0 Å². The Bertz CT molecular complexity index is 261. The third-order valence-corrected chi connectivity index (χ3v) is 9.64. The average Bonchev–Trinajstić information content (AvgIpc) is 2.41. The van der Waals surface area contributed by atoms with Crippen LogP contribution >= 0.6 is 0 Å². The standard InChI is InChI=1S/C13H29N3OSi/c1-15-9-4-5-13(18(15,3)17-2)6-10-16-11-7-14-8-12-16/h13-14H,4-12H2,1-3H3. The Morgan fingerprint density at radius 1 is 1.28 bits per heavy atom. The van der Waals surface area contributed by atoms with E-state index in [0.29, 0.717) is 0 Å². The Morgan fingerprint density at radius 3 is 2.67 bits per heavy atom. The number of hydrogen-bond donors (Lipinski definition) is 1. The van der Waals surface area contributed by atoms with Crippen LogP contribution in [0.15, 0.2) is 0 Å². The SMILES string of the molecule is CO[Si]1(C)C(CCN2CCNCC2)CCCN1C. The van der Waals surface area contributed by atoms with Gasteiger partial charge in [0.05, 0.1) is 0 Å². The van der Waals surface area contributed by atoms with E-state index >= 15 is 0 Å². The maximum absolute atomic E-state index is 5.98. The minimum absolute atomic E-state index is 0.802. The van der Waals surface area contributed by atoms with E-state index in [-0.39, 0.29) is 0 Å². The Morgan fingerprint density at radius 2 is 2.00 bits per heavy atom. The lowest BCUT2D eigenvalue weighted by atomic mass is 10.1. The van der Waals surface area contributed by atoms with Gasteiger partial charge in [0, 0.05) is 33.3 Å². The third kappa shape index (κ3) is 3.14. The van der Waals surface area contributed by atoms with Gasteiger partial charge in [-0.1, -0.05) is 0 Å². The number of hydrogen-bond acceptors (Lipinski definition) is 4. The van der Waals surface area contributed by atoms with Gasteiger partial charge in [0.1, 0.15) is 0 Å². The fourth-order valence-corrected chi connectivity index (χ4v) is 6.66. The van der Waals surface area contributed by atoms with Crippen molar-refractivity contribution in [1.82, 2.24) is 14.8 Å². The van der Waals surface area contributed by atoms with E-state index in [4.69, 9.17) is 4.43 Å². The second kappa shape index (κ2) is 6.48. The lowest BCUT2D eigenvalue weighted by Gasteiger charge is -2.45. The van der Waals surface area contributed by atoms with E-state index in [0.717, 1.165) is 18.6 Å². The predicted octanol–water partition coefficient (Wildman–Crippen LogP) is 1.10. The zero-order valence-corrected chi connectivity index (χ0v) is 13.2. The van der Waals surface area contributed by atoms with Gasteiger partial charge < -0.3 is 19.2 Å². The molecule has 0 bridgehead atoms. The van der Waals surface area contributed by atoms with Gasteiger partial charge >= 0.3 is 0 Å². The Kier molecular flexibility index (Phi) is 5.21. The lowest BCUT2D eigenvalue weighted by molar-refractivity contribution is 0.218. The highest BCUT2D eigenvalue weighted by molar-refractivity contribution is 6.71. The molecule has 2 atom stereocenters. The first-order chi connectivity index (χ1) is 8.66. The van der Waals surface area contributed by atoms with Gasteiger partial charge in [-0.15, -0.1) is 0 Å². The van der Waals surface area contributed by atoms with Crippen LogP contribution in [0.4, 0.5) is 0 Å². The number of nitrogens with zero attached hydrogens (tertiary/aromatic N) is 2. The van der Waals surface area contributed by atoms with E-state index in [1.807, 2.05) is 7.11 Å². The topological polar surface area (TPSA) is 27.7 Å². The minimum Gasteiger partial charge on any atom is -0.406 e. The van der Waals surface area contributed by atoms with E-state index in [1.54, 1.807) is 0 Å². The minimum atomic E-state index is -1.64. The fraction of sp³-hybridized carbons (Fsp3) is 1.00. The van der Waals surface area contributed by atoms with Crippen LogP contribution in [0.2, 0.25) is 12.1 Å². The van der Waals surface area contributed by atoms with Gasteiger partial charge in [0.25, 0.3) is 8.48 Å². The van der Waals surface area contributed by atoms with Crippen molar-refractivity contribution in [2.24, 2.45) is 0 Å². The van der Waals surface area contributed by atoms with Crippen LogP contribution in [0.3, 0.4) is 0 Å². The van der Waals surface area contributed by atoms with Crippen molar-refractivity contribution < 1.29 is 4.43 Å². The molecule has 0 aromatic carbocycles. The molecule has 2 fully saturated rings. The van der Waals surface area contributed by atoms with Crippen molar-refractivity contribution >= 4 is 8.48 Å². The highest BCUT2D eigenvalue weighted by atomic mass is 28.4. The average molecular weight is 271 g/mol. The highest BCUT2D eigenvalue weighted by Crippen LogP contribution is 2.36. The zero-order chi connectivity index (χ0) is 13.0. The van der Waals surface area contributed by atoms with Crippen molar-refractivity contribution in [2.45, 2.75) is 31.4 Å². The summed E-state index contributed by atoms with van der Waals surface area (Å²) < 4.78 is 8.50. The quantitative estimate of drug-likeness (QED) is 0.775. The molecule has 106 valence electrons. The first-order valence-electron chi connectivity index (χ1n) is 7.36. The van der Waals surface area contributed by atoms with Crippen LogP contribution < -0.4 is 5.32 Å². The first-order valence-corrected chi connectivity index (χ1v) is 9.79. The van der Waals surface area contributed by atoms with Gasteiger partial charge in [-0.2, -0.15) is 0 Å². The Labute approximate surface area is 113 Å². The van der Waals surface area contributed by atoms with Crippen LogP contribution in [0, 0.1) is 0 Å². The normalized spacial score (nSPS) is 35.8. The summed E-state index contributed by atoms with van der Waals surface area (Å²) in [6.45, 7) is 9.62. The monoisotopic (exact) mass is 271 g/mol. The third-order valence-electron chi connectivity index (χ3n) is 4.98.